The van der Waals surface area contributed by atoms with E-state index in [2.05, 4.69) is 10.5 Å². The van der Waals surface area contributed by atoms with Gasteiger partial charge in [0.2, 0.25) is 0 Å². The molecule has 1 aromatic carbocycles. The second-order valence-electron chi connectivity index (χ2n) is 5.17. The van der Waals surface area contributed by atoms with Gasteiger partial charge in [-0.25, -0.2) is 0 Å². The lowest BCUT2D eigenvalue weighted by Crippen LogP contribution is -2.54. The molecule has 2 amide bonds. The topological polar surface area (TPSA) is 75.4 Å². The summed E-state index contributed by atoms with van der Waals surface area (Å²) in [5.74, 6) is -0.562. The van der Waals surface area contributed by atoms with Gasteiger partial charge in [0.1, 0.15) is 11.3 Å². The van der Waals surface area contributed by atoms with E-state index < -0.39 is 11.8 Å². The molecule has 0 saturated carbocycles. The zero-order chi connectivity index (χ0) is 17.4. The van der Waals surface area contributed by atoms with E-state index in [0.717, 1.165) is 0 Å². The molecule has 2 heterocycles. The summed E-state index contributed by atoms with van der Waals surface area (Å²) >= 11 is 11.0. The van der Waals surface area contributed by atoms with E-state index >= 15 is 0 Å². The molecule has 0 aliphatic carbocycles. The van der Waals surface area contributed by atoms with Crippen molar-refractivity contribution in [2.75, 3.05) is 4.90 Å². The second kappa shape index (κ2) is 6.18. The first kappa shape index (κ1) is 16.4. The lowest BCUT2D eigenvalue weighted by atomic mass is 10.1. The number of hydrogen-bond acceptors (Lipinski definition) is 5. The zero-order valence-electron chi connectivity index (χ0n) is 12.8. The molecule has 1 aliphatic rings. The van der Waals surface area contributed by atoms with E-state index in [-0.39, 0.29) is 10.7 Å². The van der Waals surface area contributed by atoms with Crippen LogP contribution in [-0.4, -0.2) is 22.1 Å². The number of amides is 2. The number of nitrogens with zero attached hydrogens (tertiary/aromatic N) is 2. The van der Waals surface area contributed by atoms with Crippen molar-refractivity contribution in [2.45, 2.75) is 13.8 Å². The van der Waals surface area contributed by atoms with Crippen molar-refractivity contribution in [1.82, 2.24) is 10.5 Å². The summed E-state index contributed by atoms with van der Waals surface area (Å²) in [6.45, 7) is 3.44. The van der Waals surface area contributed by atoms with Crippen molar-refractivity contribution >= 4 is 52.5 Å². The molecule has 8 heteroatoms. The maximum absolute atomic E-state index is 12.8. The van der Waals surface area contributed by atoms with Gasteiger partial charge in [-0.1, -0.05) is 16.8 Å². The molecule has 1 fully saturated rings. The SMILES string of the molecule is Cc1noc(C)c1C=C1C(=O)NC(=S)N(c2ccc(Cl)cc2)C1=O. The van der Waals surface area contributed by atoms with Crippen molar-refractivity contribution in [2.24, 2.45) is 0 Å². The number of carbonyl (C=O) groups is 2. The Morgan fingerprint density at radius 2 is 1.92 bits per heavy atom. The molecule has 0 radical (unpaired) electrons. The highest BCUT2D eigenvalue weighted by molar-refractivity contribution is 7.80. The van der Waals surface area contributed by atoms with Gasteiger partial charge in [-0.15, -0.1) is 0 Å². The minimum Gasteiger partial charge on any atom is -0.361 e. The number of thiocarbonyl (C=S) groups is 1. The van der Waals surface area contributed by atoms with E-state index in [9.17, 15) is 9.59 Å². The number of aromatic nitrogens is 1. The van der Waals surface area contributed by atoms with Crippen LogP contribution in [0.2, 0.25) is 5.02 Å². The molecule has 6 nitrogen and oxygen atoms in total. The molecule has 24 heavy (non-hydrogen) atoms. The Morgan fingerprint density at radius 1 is 1.25 bits per heavy atom. The number of nitrogens with one attached hydrogen (secondary N) is 1. The summed E-state index contributed by atoms with van der Waals surface area (Å²) in [7, 11) is 0. The van der Waals surface area contributed by atoms with Gasteiger partial charge in [0, 0.05) is 10.6 Å². The van der Waals surface area contributed by atoms with Crippen LogP contribution in [0.15, 0.2) is 34.4 Å². The maximum Gasteiger partial charge on any atom is 0.270 e. The minimum atomic E-state index is -0.560. The van der Waals surface area contributed by atoms with Crippen LogP contribution in [0.5, 0.6) is 0 Å². The lowest BCUT2D eigenvalue weighted by Gasteiger charge is -2.28. The Balaban J connectivity index is 2.05. The molecular formula is C16H12ClN3O3S. The van der Waals surface area contributed by atoms with Crippen molar-refractivity contribution in [3.05, 3.63) is 51.9 Å². The molecule has 2 aromatic rings. The maximum atomic E-state index is 12.8. The van der Waals surface area contributed by atoms with Gasteiger partial charge in [-0.3, -0.25) is 19.8 Å². The quantitative estimate of drug-likeness (QED) is 0.505. The fourth-order valence-electron chi connectivity index (χ4n) is 2.32. The molecule has 1 aromatic heterocycles. The highest BCUT2D eigenvalue weighted by atomic mass is 35.5. The minimum absolute atomic E-state index is 0.0169. The number of hydrogen-bond donors (Lipinski definition) is 1. The molecule has 122 valence electrons. The Morgan fingerprint density at radius 3 is 2.50 bits per heavy atom. The number of aryl methyl sites for hydroxylation is 2. The van der Waals surface area contributed by atoms with Gasteiger partial charge in [0.25, 0.3) is 11.8 Å². The standard InChI is InChI=1S/C16H12ClN3O3S/c1-8-12(9(2)23-19-8)7-13-14(21)18-16(24)20(15(13)22)11-5-3-10(17)4-6-11/h3-7H,1-2H3,(H,18,21,24). The Hall–Kier alpha value is -2.51. The third-order valence-electron chi connectivity index (χ3n) is 3.56. The molecule has 0 unspecified atom stereocenters. The summed E-state index contributed by atoms with van der Waals surface area (Å²) in [6, 6.07) is 6.58. The van der Waals surface area contributed by atoms with E-state index in [1.54, 1.807) is 38.1 Å². The van der Waals surface area contributed by atoms with Crippen LogP contribution in [0.4, 0.5) is 5.69 Å². The van der Waals surface area contributed by atoms with Gasteiger partial charge in [-0.05, 0) is 56.4 Å². The zero-order valence-corrected chi connectivity index (χ0v) is 14.4. The summed E-state index contributed by atoms with van der Waals surface area (Å²) in [6.07, 6.45) is 1.46. The van der Waals surface area contributed by atoms with Gasteiger partial charge >= 0.3 is 0 Å². The van der Waals surface area contributed by atoms with E-state index in [1.807, 2.05) is 0 Å². The van der Waals surface area contributed by atoms with Crippen LogP contribution in [0.3, 0.4) is 0 Å². The van der Waals surface area contributed by atoms with Crippen LogP contribution in [-0.2, 0) is 9.59 Å². The number of carbonyl (C=O) groups excluding carboxylic acids is 2. The Bertz CT molecular complexity index is 867. The number of halogens is 1. The van der Waals surface area contributed by atoms with Crippen molar-refractivity contribution in [1.29, 1.82) is 0 Å². The van der Waals surface area contributed by atoms with Crippen molar-refractivity contribution < 1.29 is 14.1 Å². The smallest absolute Gasteiger partial charge is 0.270 e. The van der Waals surface area contributed by atoms with Crippen LogP contribution in [0.1, 0.15) is 17.0 Å². The lowest BCUT2D eigenvalue weighted by molar-refractivity contribution is -0.122. The second-order valence-corrected chi connectivity index (χ2v) is 6.00. The number of benzene rings is 1. The summed E-state index contributed by atoms with van der Waals surface area (Å²) in [5.41, 5.74) is 1.65. The predicted octanol–water partition coefficient (Wildman–Crippen LogP) is 2.78. The first-order valence-electron chi connectivity index (χ1n) is 6.98. The van der Waals surface area contributed by atoms with Gasteiger partial charge in [-0.2, -0.15) is 0 Å². The molecule has 0 spiro atoms. The Labute approximate surface area is 148 Å². The van der Waals surface area contributed by atoms with Crippen molar-refractivity contribution in [3.8, 4) is 0 Å². The third kappa shape index (κ3) is 2.83. The van der Waals surface area contributed by atoms with Gasteiger partial charge in [0.15, 0.2) is 5.11 Å². The molecular weight excluding hydrogens is 350 g/mol. The fourth-order valence-corrected chi connectivity index (χ4v) is 2.73. The number of anilines is 1. The van der Waals surface area contributed by atoms with E-state index in [0.29, 0.717) is 27.7 Å². The van der Waals surface area contributed by atoms with Crippen LogP contribution < -0.4 is 10.2 Å². The normalized spacial score (nSPS) is 16.7. The monoisotopic (exact) mass is 361 g/mol. The average molecular weight is 362 g/mol. The molecule has 3 rings (SSSR count). The van der Waals surface area contributed by atoms with Crippen LogP contribution in [0, 0.1) is 13.8 Å². The van der Waals surface area contributed by atoms with Crippen LogP contribution in [0.25, 0.3) is 6.08 Å². The fraction of sp³-hybridized carbons (Fsp3) is 0.125. The molecule has 1 N–H and O–H groups in total. The molecule has 1 aliphatic heterocycles. The highest BCUT2D eigenvalue weighted by Crippen LogP contribution is 2.25. The first-order chi connectivity index (χ1) is 11.4. The van der Waals surface area contributed by atoms with Gasteiger partial charge < -0.3 is 4.52 Å². The average Bonchev–Trinajstić information content (AvgIpc) is 2.84. The molecule has 1 saturated heterocycles. The summed E-state index contributed by atoms with van der Waals surface area (Å²) in [4.78, 5) is 26.3. The largest absolute Gasteiger partial charge is 0.361 e. The van der Waals surface area contributed by atoms with Crippen molar-refractivity contribution in [3.63, 3.8) is 0 Å². The third-order valence-corrected chi connectivity index (χ3v) is 4.10. The summed E-state index contributed by atoms with van der Waals surface area (Å²) < 4.78 is 5.06. The molecule has 0 atom stereocenters. The first-order valence-corrected chi connectivity index (χ1v) is 7.77. The van der Waals surface area contributed by atoms with E-state index in [1.165, 1.54) is 11.0 Å². The van der Waals surface area contributed by atoms with E-state index in [4.69, 9.17) is 28.3 Å². The van der Waals surface area contributed by atoms with Crippen LogP contribution >= 0.6 is 23.8 Å². The summed E-state index contributed by atoms with van der Waals surface area (Å²) in [5, 5.41) is 6.89. The number of rotatable bonds is 2. The predicted molar refractivity (Wildman–Crippen MR) is 93.6 cm³/mol. The van der Waals surface area contributed by atoms with Gasteiger partial charge in [0.05, 0.1) is 11.4 Å². The molecule has 0 bridgehead atoms. The Kier molecular flexibility index (Phi) is 4.21. The highest BCUT2D eigenvalue weighted by Gasteiger charge is 2.34.